The largest absolute Gasteiger partial charge is 0.481 e. The second kappa shape index (κ2) is 8.80. The van der Waals surface area contributed by atoms with Crippen molar-refractivity contribution in [2.24, 2.45) is 5.92 Å². The molecule has 7 heteroatoms. The highest BCUT2D eigenvalue weighted by atomic mass is 32.1. The van der Waals surface area contributed by atoms with E-state index in [1.165, 1.54) is 4.70 Å². The molecule has 3 rings (SSSR count). The molecule has 0 aliphatic carbocycles. The average molecular weight is 390 g/mol. The quantitative estimate of drug-likeness (QED) is 0.822. The van der Waals surface area contributed by atoms with Crippen LogP contribution in [0.2, 0.25) is 0 Å². The number of hydrogen-bond acceptors (Lipinski definition) is 5. The average Bonchev–Trinajstić information content (AvgIpc) is 2.89. The number of hydrogen-bond donors (Lipinski definition) is 1. The second-order valence-electron chi connectivity index (χ2n) is 7.46. The molecule has 27 heavy (non-hydrogen) atoms. The number of benzene rings is 1. The first-order valence-electron chi connectivity index (χ1n) is 9.45. The van der Waals surface area contributed by atoms with Gasteiger partial charge in [-0.15, -0.1) is 11.3 Å². The van der Waals surface area contributed by atoms with Gasteiger partial charge < -0.3 is 14.9 Å². The molecule has 1 aromatic carbocycles. The van der Waals surface area contributed by atoms with Gasteiger partial charge in [-0.05, 0) is 51.9 Å². The first-order chi connectivity index (χ1) is 12.9. The Kier molecular flexibility index (Phi) is 6.44. The Morgan fingerprint density at radius 2 is 2.04 bits per heavy atom. The zero-order valence-corrected chi connectivity index (χ0v) is 16.7. The predicted octanol–water partition coefficient (Wildman–Crippen LogP) is 2.87. The Hall–Kier alpha value is -1.99. The monoisotopic (exact) mass is 389 g/mol. The fourth-order valence-electron chi connectivity index (χ4n) is 3.57. The number of fused-ring (bicyclic) bond motifs is 1. The number of carboxylic acids is 1. The molecule has 0 radical (unpaired) electrons. The van der Waals surface area contributed by atoms with Crippen molar-refractivity contribution in [1.82, 2.24) is 14.8 Å². The molecular formula is C20H27N3O3S. The van der Waals surface area contributed by atoms with E-state index in [1.807, 2.05) is 32.3 Å². The first kappa shape index (κ1) is 19.8. The van der Waals surface area contributed by atoms with Gasteiger partial charge in [-0.2, -0.15) is 0 Å². The van der Waals surface area contributed by atoms with Crippen molar-refractivity contribution >= 4 is 33.4 Å². The highest BCUT2D eigenvalue weighted by molar-refractivity contribution is 7.18. The van der Waals surface area contributed by atoms with E-state index in [-0.39, 0.29) is 11.9 Å². The molecule has 1 N–H and O–H groups in total. The molecular weight excluding hydrogens is 362 g/mol. The van der Waals surface area contributed by atoms with Crippen LogP contribution in [0.5, 0.6) is 0 Å². The van der Waals surface area contributed by atoms with E-state index in [1.54, 1.807) is 16.2 Å². The van der Waals surface area contributed by atoms with Gasteiger partial charge in [0.05, 0.1) is 21.1 Å². The normalized spacial score (nSPS) is 20.8. The summed E-state index contributed by atoms with van der Waals surface area (Å²) in [5, 5.41) is 10.5. The summed E-state index contributed by atoms with van der Waals surface area (Å²) in [7, 11) is 3.98. The fraction of sp³-hybridized carbons (Fsp3) is 0.550. The number of aliphatic carboxylic acids is 1. The zero-order chi connectivity index (χ0) is 19.4. The Bertz CT molecular complexity index is 772. The van der Waals surface area contributed by atoms with E-state index in [0.717, 1.165) is 29.8 Å². The predicted molar refractivity (Wildman–Crippen MR) is 107 cm³/mol. The van der Waals surface area contributed by atoms with Gasteiger partial charge in [0, 0.05) is 25.6 Å². The standard InChI is InChI=1S/C20H27N3O3S/c1-22(2)15-11-10-14(20(25)26)12-23(13-15)19(24)9-5-8-18-21-16-6-3-4-7-17(16)27-18/h3-4,6-7,14-15H,5,8-13H2,1-2H3,(H,25,26)/t14-,15+/m0/s1. The lowest BCUT2D eigenvalue weighted by Crippen LogP contribution is -2.43. The molecule has 6 nitrogen and oxygen atoms in total. The molecule has 2 aromatic rings. The van der Waals surface area contributed by atoms with Crippen molar-refractivity contribution in [1.29, 1.82) is 0 Å². The van der Waals surface area contributed by atoms with E-state index in [2.05, 4.69) is 16.0 Å². The SMILES string of the molecule is CN(C)[C@@H]1CC[C@H](C(=O)O)CN(C(=O)CCCc2nc3ccccc3s2)C1. The second-order valence-corrected chi connectivity index (χ2v) is 8.57. The number of carboxylic acid groups (broad SMARTS) is 1. The number of likely N-dealkylation sites (tertiary alicyclic amines) is 1. The van der Waals surface area contributed by atoms with Crippen LogP contribution in [0.3, 0.4) is 0 Å². The van der Waals surface area contributed by atoms with Crippen LogP contribution in [0.1, 0.15) is 30.7 Å². The maximum absolute atomic E-state index is 12.7. The van der Waals surface area contributed by atoms with Crippen LogP contribution in [0.25, 0.3) is 10.2 Å². The van der Waals surface area contributed by atoms with E-state index >= 15 is 0 Å². The van der Waals surface area contributed by atoms with Gasteiger partial charge >= 0.3 is 5.97 Å². The minimum Gasteiger partial charge on any atom is -0.481 e. The molecule has 1 aliphatic rings. The molecule has 2 atom stereocenters. The van der Waals surface area contributed by atoms with Gasteiger partial charge in [0.15, 0.2) is 0 Å². The number of amides is 1. The van der Waals surface area contributed by atoms with E-state index in [9.17, 15) is 14.7 Å². The number of aromatic nitrogens is 1. The van der Waals surface area contributed by atoms with Crippen molar-refractivity contribution in [2.75, 3.05) is 27.2 Å². The Labute approximate surface area is 163 Å². The molecule has 0 bridgehead atoms. The molecule has 1 aromatic heterocycles. The summed E-state index contributed by atoms with van der Waals surface area (Å²) in [4.78, 5) is 32.7. The molecule has 1 amide bonds. The van der Waals surface area contributed by atoms with Gasteiger partial charge in [-0.1, -0.05) is 12.1 Å². The van der Waals surface area contributed by atoms with E-state index in [0.29, 0.717) is 25.9 Å². The van der Waals surface area contributed by atoms with E-state index < -0.39 is 11.9 Å². The lowest BCUT2D eigenvalue weighted by molar-refractivity contribution is -0.143. The van der Waals surface area contributed by atoms with Gasteiger partial charge in [-0.25, -0.2) is 4.98 Å². The van der Waals surface area contributed by atoms with Crippen molar-refractivity contribution in [3.63, 3.8) is 0 Å². The number of rotatable bonds is 6. The number of thiazole rings is 1. The third kappa shape index (κ3) is 5.05. The summed E-state index contributed by atoms with van der Waals surface area (Å²) in [6.45, 7) is 0.927. The third-order valence-corrected chi connectivity index (χ3v) is 6.37. The molecule has 2 heterocycles. The van der Waals surface area contributed by atoms with Crippen LogP contribution >= 0.6 is 11.3 Å². The summed E-state index contributed by atoms with van der Waals surface area (Å²) in [5.41, 5.74) is 1.01. The van der Waals surface area contributed by atoms with Crippen molar-refractivity contribution < 1.29 is 14.7 Å². The summed E-state index contributed by atoms with van der Waals surface area (Å²) in [6.07, 6.45) is 3.37. The Morgan fingerprint density at radius 1 is 1.26 bits per heavy atom. The topological polar surface area (TPSA) is 73.7 Å². The molecule has 0 spiro atoms. The molecule has 1 fully saturated rings. The Balaban J connectivity index is 1.58. The maximum atomic E-state index is 12.7. The highest BCUT2D eigenvalue weighted by Gasteiger charge is 2.31. The lowest BCUT2D eigenvalue weighted by atomic mass is 10.0. The Morgan fingerprint density at radius 3 is 2.74 bits per heavy atom. The van der Waals surface area contributed by atoms with E-state index in [4.69, 9.17) is 0 Å². The van der Waals surface area contributed by atoms with Crippen LogP contribution in [0, 0.1) is 5.92 Å². The number of likely N-dealkylation sites (N-methyl/N-ethyl adjacent to an activating group) is 1. The highest BCUT2D eigenvalue weighted by Crippen LogP contribution is 2.24. The van der Waals surface area contributed by atoms with Crippen molar-refractivity contribution in [3.8, 4) is 0 Å². The van der Waals surface area contributed by atoms with Gasteiger partial charge in [0.1, 0.15) is 0 Å². The zero-order valence-electron chi connectivity index (χ0n) is 15.9. The number of nitrogens with zero attached hydrogens (tertiary/aromatic N) is 3. The molecule has 146 valence electrons. The number of aryl methyl sites for hydroxylation is 1. The fourth-order valence-corrected chi connectivity index (χ4v) is 4.58. The molecule has 1 aliphatic heterocycles. The summed E-state index contributed by atoms with van der Waals surface area (Å²) in [5.74, 6) is -1.22. The smallest absolute Gasteiger partial charge is 0.308 e. The van der Waals surface area contributed by atoms with Crippen LogP contribution in [-0.4, -0.2) is 65.0 Å². The minimum atomic E-state index is -0.804. The third-order valence-electron chi connectivity index (χ3n) is 5.27. The lowest BCUT2D eigenvalue weighted by Gasteiger charge is -2.29. The summed E-state index contributed by atoms with van der Waals surface area (Å²) < 4.78 is 1.17. The number of carbonyl (C=O) groups is 2. The van der Waals surface area contributed by atoms with Crippen molar-refractivity contribution in [3.05, 3.63) is 29.3 Å². The van der Waals surface area contributed by atoms with Crippen molar-refractivity contribution in [2.45, 2.75) is 38.1 Å². The van der Waals surface area contributed by atoms with Crippen LogP contribution in [0.15, 0.2) is 24.3 Å². The van der Waals surface area contributed by atoms with Crippen LogP contribution in [0.4, 0.5) is 0 Å². The molecule has 1 saturated heterocycles. The molecule has 0 unspecified atom stereocenters. The van der Waals surface area contributed by atoms with Gasteiger partial charge in [-0.3, -0.25) is 9.59 Å². The van der Waals surface area contributed by atoms with Crippen LogP contribution < -0.4 is 0 Å². The van der Waals surface area contributed by atoms with Crippen LogP contribution in [-0.2, 0) is 16.0 Å². The first-order valence-corrected chi connectivity index (χ1v) is 10.3. The minimum absolute atomic E-state index is 0.0520. The van der Waals surface area contributed by atoms with Gasteiger partial charge in [0.2, 0.25) is 5.91 Å². The maximum Gasteiger partial charge on any atom is 0.308 e. The van der Waals surface area contributed by atoms with Gasteiger partial charge in [0.25, 0.3) is 0 Å². The summed E-state index contributed by atoms with van der Waals surface area (Å²) in [6, 6.07) is 8.27. The summed E-state index contributed by atoms with van der Waals surface area (Å²) >= 11 is 1.68. The molecule has 0 saturated carbocycles. The number of carbonyl (C=O) groups excluding carboxylic acids is 1. The number of para-hydroxylation sites is 1.